The van der Waals surface area contributed by atoms with Gasteiger partial charge in [0.25, 0.3) is 0 Å². The van der Waals surface area contributed by atoms with Gasteiger partial charge in [-0.05, 0) is 37.0 Å². The fraction of sp³-hybridized carbons (Fsp3) is 0.944. The van der Waals surface area contributed by atoms with Crippen molar-refractivity contribution >= 4 is 15.9 Å². The number of hydrogen-bond acceptors (Lipinski definition) is 3. The molecule has 3 fully saturated rings. The van der Waals surface area contributed by atoms with E-state index in [0.717, 1.165) is 38.5 Å². The van der Waals surface area contributed by atoms with Crippen LogP contribution in [0, 0.1) is 16.7 Å². The van der Waals surface area contributed by atoms with Gasteiger partial charge in [-0.2, -0.15) is 0 Å². The molecule has 1 aliphatic heterocycles. The zero-order valence-corrected chi connectivity index (χ0v) is 15.6. The van der Waals surface area contributed by atoms with Gasteiger partial charge in [-0.25, -0.2) is 12.7 Å². The van der Waals surface area contributed by atoms with E-state index in [9.17, 15) is 13.2 Å². The van der Waals surface area contributed by atoms with E-state index in [0.29, 0.717) is 12.3 Å². The van der Waals surface area contributed by atoms with E-state index in [1.54, 1.807) is 0 Å². The molecule has 2 aliphatic carbocycles. The van der Waals surface area contributed by atoms with Gasteiger partial charge in [0, 0.05) is 11.8 Å². The molecule has 5 heteroatoms. The maximum atomic E-state index is 12.7. The second-order valence-electron chi connectivity index (χ2n) is 8.47. The Kier molecular flexibility index (Phi) is 4.31. The highest BCUT2D eigenvalue weighted by Crippen LogP contribution is 2.70. The lowest BCUT2D eigenvalue weighted by molar-refractivity contribution is -0.129. The Morgan fingerprint density at radius 3 is 2.52 bits per heavy atom. The summed E-state index contributed by atoms with van der Waals surface area (Å²) in [4.78, 5) is 12.7. The molecule has 132 valence electrons. The maximum absolute atomic E-state index is 12.7. The number of unbranched alkanes of at least 4 members (excludes halogenated alkanes) is 4. The van der Waals surface area contributed by atoms with E-state index in [1.807, 2.05) is 0 Å². The van der Waals surface area contributed by atoms with Crippen molar-refractivity contribution in [3.05, 3.63) is 0 Å². The standard InChI is InChI=1S/C18H31NO3S/c1-4-5-6-7-8-9-16(20)19-15-12-14-10-11-18(15,17(14,2)3)13-23(19,21)22/h14-15H,4-13H2,1-3H3/t14-,15+,18-/m1/s1. The second kappa shape index (κ2) is 5.75. The van der Waals surface area contributed by atoms with Crippen LogP contribution in [0.25, 0.3) is 0 Å². The van der Waals surface area contributed by atoms with Crippen LogP contribution in [0.1, 0.15) is 78.6 Å². The number of hydrogen-bond donors (Lipinski definition) is 0. The van der Waals surface area contributed by atoms with Gasteiger partial charge in [0.2, 0.25) is 15.9 Å². The van der Waals surface area contributed by atoms with Gasteiger partial charge in [0.1, 0.15) is 0 Å². The van der Waals surface area contributed by atoms with Crippen LogP contribution in [-0.4, -0.2) is 30.4 Å². The third-order valence-electron chi connectivity index (χ3n) is 7.15. The molecule has 1 saturated heterocycles. The van der Waals surface area contributed by atoms with Crippen LogP contribution in [0.3, 0.4) is 0 Å². The molecule has 3 aliphatic rings. The van der Waals surface area contributed by atoms with Gasteiger partial charge in [-0.1, -0.05) is 46.5 Å². The average Bonchev–Trinajstić information content (AvgIpc) is 2.93. The highest BCUT2D eigenvalue weighted by Gasteiger charge is 2.72. The van der Waals surface area contributed by atoms with E-state index in [2.05, 4.69) is 20.8 Å². The van der Waals surface area contributed by atoms with Crippen molar-refractivity contribution in [1.82, 2.24) is 4.31 Å². The SMILES string of the molecule is CCCCCCCC(=O)N1[C@H]2C[C@H]3CC[C@]2(CS1(=O)=O)C3(C)C. The molecule has 3 atom stereocenters. The predicted molar refractivity (Wildman–Crippen MR) is 91.4 cm³/mol. The lowest BCUT2D eigenvalue weighted by Gasteiger charge is -2.37. The van der Waals surface area contributed by atoms with Crippen LogP contribution < -0.4 is 0 Å². The second-order valence-corrected chi connectivity index (χ2v) is 10.3. The summed E-state index contributed by atoms with van der Waals surface area (Å²) in [5.41, 5.74) is -0.144. The first-order valence-electron chi connectivity index (χ1n) is 9.31. The fourth-order valence-corrected chi connectivity index (χ4v) is 8.18. The van der Waals surface area contributed by atoms with Crippen molar-refractivity contribution in [3.63, 3.8) is 0 Å². The van der Waals surface area contributed by atoms with Crippen molar-refractivity contribution < 1.29 is 13.2 Å². The van der Waals surface area contributed by atoms with Crippen LogP contribution in [0.5, 0.6) is 0 Å². The van der Waals surface area contributed by atoms with Gasteiger partial charge < -0.3 is 0 Å². The lowest BCUT2D eigenvalue weighted by Crippen LogP contribution is -2.44. The predicted octanol–water partition coefficient (Wildman–Crippen LogP) is 3.71. The van der Waals surface area contributed by atoms with Gasteiger partial charge >= 0.3 is 0 Å². The zero-order chi connectivity index (χ0) is 16.9. The van der Waals surface area contributed by atoms with Crippen molar-refractivity contribution in [2.45, 2.75) is 84.6 Å². The highest BCUT2D eigenvalue weighted by atomic mass is 32.2. The van der Waals surface area contributed by atoms with Crippen LogP contribution in [0.2, 0.25) is 0 Å². The first kappa shape index (κ1) is 17.2. The Bertz CT molecular complexity index is 583. The van der Waals surface area contributed by atoms with Crippen LogP contribution >= 0.6 is 0 Å². The summed E-state index contributed by atoms with van der Waals surface area (Å²) in [5, 5.41) is 0. The van der Waals surface area contributed by atoms with E-state index in [-0.39, 0.29) is 28.5 Å². The summed E-state index contributed by atoms with van der Waals surface area (Å²) in [7, 11) is -3.42. The van der Waals surface area contributed by atoms with Crippen LogP contribution in [0.15, 0.2) is 0 Å². The highest BCUT2D eigenvalue weighted by molar-refractivity contribution is 7.90. The largest absolute Gasteiger partial charge is 0.274 e. The molecular weight excluding hydrogens is 310 g/mol. The van der Waals surface area contributed by atoms with Crippen molar-refractivity contribution in [2.75, 3.05) is 5.75 Å². The number of amides is 1. The lowest BCUT2D eigenvalue weighted by atomic mass is 9.69. The van der Waals surface area contributed by atoms with Crippen molar-refractivity contribution in [1.29, 1.82) is 0 Å². The normalized spacial score (nSPS) is 36.4. The summed E-state index contributed by atoms with van der Waals surface area (Å²) in [6, 6.07) is -0.0654. The summed E-state index contributed by atoms with van der Waals surface area (Å²) in [5.74, 6) is 0.616. The van der Waals surface area contributed by atoms with Crippen LogP contribution in [0.4, 0.5) is 0 Å². The van der Waals surface area contributed by atoms with E-state index < -0.39 is 10.0 Å². The number of carbonyl (C=O) groups excluding carboxylic acids is 1. The van der Waals surface area contributed by atoms with Gasteiger partial charge in [-0.3, -0.25) is 4.79 Å². The van der Waals surface area contributed by atoms with E-state index >= 15 is 0 Å². The minimum absolute atomic E-state index is 0.0426. The van der Waals surface area contributed by atoms with Gasteiger partial charge in [0.15, 0.2) is 0 Å². The number of fused-ring (bicyclic) bond motifs is 1. The summed E-state index contributed by atoms with van der Waals surface area (Å²) in [6.45, 7) is 6.61. The Morgan fingerprint density at radius 1 is 1.17 bits per heavy atom. The number of rotatable bonds is 6. The number of sulfonamides is 1. The van der Waals surface area contributed by atoms with Crippen molar-refractivity contribution in [3.8, 4) is 0 Å². The first-order chi connectivity index (χ1) is 10.8. The van der Waals surface area contributed by atoms with Crippen LogP contribution in [-0.2, 0) is 14.8 Å². The fourth-order valence-electron chi connectivity index (χ4n) is 5.61. The Labute approximate surface area is 141 Å². The molecule has 0 N–H and O–H groups in total. The molecular formula is C18H31NO3S. The van der Waals surface area contributed by atoms with E-state index in [1.165, 1.54) is 17.1 Å². The number of carbonyl (C=O) groups is 1. The van der Waals surface area contributed by atoms with Crippen molar-refractivity contribution in [2.24, 2.45) is 16.7 Å². The molecule has 0 aromatic rings. The molecule has 0 aromatic carbocycles. The molecule has 1 amide bonds. The minimum atomic E-state index is -3.42. The summed E-state index contributed by atoms with van der Waals surface area (Å²) >= 11 is 0. The summed E-state index contributed by atoms with van der Waals surface area (Å²) < 4.78 is 26.8. The molecule has 23 heavy (non-hydrogen) atoms. The maximum Gasteiger partial charge on any atom is 0.238 e. The molecule has 2 bridgehead atoms. The first-order valence-corrected chi connectivity index (χ1v) is 10.9. The molecule has 3 rings (SSSR count). The average molecular weight is 342 g/mol. The molecule has 4 nitrogen and oxygen atoms in total. The quantitative estimate of drug-likeness (QED) is 0.692. The van der Waals surface area contributed by atoms with Gasteiger partial charge in [0.05, 0.1) is 11.8 Å². The molecule has 0 unspecified atom stereocenters. The molecule has 2 saturated carbocycles. The third-order valence-corrected chi connectivity index (χ3v) is 9.09. The summed E-state index contributed by atoms with van der Waals surface area (Å²) in [6.07, 6.45) is 8.71. The van der Waals surface area contributed by atoms with Gasteiger partial charge in [-0.15, -0.1) is 0 Å². The molecule has 0 radical (unpaired) electrons. The molecule has 0 aromatic heterocycles. The monoisotopic (exact) mass is 341 g/mol. The topological polar surface area (TPSA) is 54.5 Å². The minimum Gasteiger partial charge on any atom is -0.274 e. The Morgan fingerprint density at radius 2 is 1.87 bits per heavy atom. The zero-order valence-electron chi connectivity index (χ0n) is 14.8. The number of nitrogens with zero attached hydrogens (tertiary/aromatic N) is 1. The smallest absolute Gasteiger partial charge is 0.238 e. The third kappa shape index (κ3) is 2.45. The Balaban J connectivity index is 1.72. The molecule has 1 heterocycles. The molecule has 1 spiro atoms. The Hall–Kier alpha value is -0.580. The van der Waals surface area contributed by atoms with E-state index in [4.69, 9.17) is 0 Å².